The average Bonchev–Trinajstić information content (AvgIpc) is 3.63. The van der Waals surface area contributed by atoms with Crippen molar-refractivity contribution in [1.82, 2.24) is 34.5 Å². The number of aliphatic hydroxyl groups is 2. The monoisotopic (exact) mass is 839 g/mol. The van der Waals surface area contributed by atoms with Crippen molar-refractivity contribution >= 4 is 16.5 Å². The standard InChI is InChI=1S/C23H28N8.C14H13F3O2.Eu/c1-7-29(8-2)20-11-9-19(10-12-20)21-24-22(30-17(5)13-15(3)27-30)26-23(25-21)31-18(6)14-16(4)28-31;15-14(16,17)13(19)8-12(18)11-6-5-9-3-1-2-4-10(9)7-11;/h9-14H,7-8H2,1-6H3;1-7,12-13,18-19H,8H2;/q;;+3. The molecular weight excluding hydrogens is 797 g/mol. The summed E-state index contributed by atoms with van der Waals surface area (Å²) in [5.74, 6) is 1.54. The number of rotatable bonds is 9. The second-order valence-corrected chi connectivity index (χ2v) is 12.1. The van der Waals surface area contributed by atoms with E-state index < -0.39 is 24.8 Å². The van der Waals surface area contributed by atoms with Crippen molar-refractivity contribution in [1.29, 1.82) is 0 Å². The number of nitrogens with zero attached hydrogens (tertiary/aromatic N) is 8. The van der Waals surface area contributed by atoms with Crippen LogP contribution in [0.3, 0.4) is 0 Å². The number of aryl methyl sites for hydroxylation is 4. The van der Waals surface area contributed by atoms with Gasteiger partial charge in [-0.25, -0.2) is 9.36 Å². The Labute approximate surface area is 335 Å². The third-order valence-electron chi connectivity index (χ3n) is 8.25. The fourth-order valence-corrected chi connectivity index (χ4v) is 5.64. The summed E-state index contributed by atoms with van der Waals surface area (Å²) in [4.78, 5) is 16.5. The Hall–Kier alpha value is -3.56. The smallest absolute Gasteiger partial charge is 0.388 e. The molecule has 10 nitrogen and oxygen atoms in total. The minimum atomic E-state index is -4.71. The maximum atomic E-state index is 12.2. The van der Waals surface area contributed by atoms with E-state index in [1.54, 1.807) is 27.6 Å². The summed E-state index contributed by atoms with van der Waals surface area (Å²) in [6.45, 7) is 14.1. The zero-order valence-corrected chi connectivity index (χ0v) is 31.7. The maximum Gasteiger partial charge on any atom is 3.00 e. The van der Waals surface area contributed by atoms with E-state index in [-0.39, 0.29) is 49.4 Å². The van der Waals surface area contributed by atoms with Gasteiger partial charge < -0.3 is 15.1 Å². The number of halogens is 3. The molecule has 266 valence electrons. The van der Waals surface area contributed by atoms with Crippen LogP contribution >= 0.6 is 0 Å². The molecule has 0 spiro atoms. The van der Waals surface area contributed by atoms with Gasteiger partial charge in [0.2, 0.25) is 0 Å². The van der Waals surface area contributed by atoms with Crippen molar-refractivity contribution in [2.24, 2.45) is 0 Å². The molecule has 0 bridgehead atoms. The Morgan fingerprint density at radius 2 is 1.24 bits per heavy atom. The van der Waals surface area contributed by atoms with Gasteiger partial charge in [0, 0.05) is 42.1 Å². The van der Waals surface area contributed by atoms with Gasteiger partial charge in [-0.05, 0) is 100 Å². The Balaban J connectivity index is 0.000000251. The Morgan fingerprint density at radius 3 is 1.71 bits per heavy atom. The van der Waals surface area contributed by atoms with Gasteiger partial charge >= 0.3 is 55.6 Å². The third-order valence-corrected chi connectivity index (χ3v) is 8.25. The van der Waals surface area contributed by atoms with Gasteiger partial charge in [0.1, 0.15) is 0 Å². The van der Waals surface area contributed by atoms with E-state index in [2.05, 4.69) is 53.2 Å². The van der Waals surface area contributed by atoms with Crippen molar-refractivity contribution in [2.75, 3.05) is 18.0 Å². The Kier molecular flexibility index (Phi) is 13.6. The minimum Gasteiger partial charge on any atom is -0.388 e. The molecule has 0 aliphatic heterocycles. The molecule has 3 aromatic carbocycles. The molecule has 0 amide bonds. The van der Waals surface area contributed by atoms with E-state index in [1.807, 2.05) is 64.1 Å². The first kappa shape index (κ1) is 40.2. The molecule has 0 radical (unpaired) electrons. The molecule has 2 unspecified atom stereocenters. The maximum absolute atomic E-state index is 12.2. The van der Waals surface area contributed by atoms with Gasteiger partial charge in [-0.3, -0.25) is 0 Å². The zero-order valence-electron chi connectivity index (χ0n) is 29.3. The van der Waals surface area contributed by atoms with Crippen molar-refractivity contribution < 1.29 is 72.8 Å². The van der Waals surface area contributed by atoms with Gasteiger partial charge in [0.05, 0.1) is 17.5 Å². The predicted molar refractivity (Wildman–Crippen MR) is 188 cm³/mol. The van der Waals surface area contributed by atoms with E-state index in [0.717, 1.165) is 52.2 Å². The Bertz CT molecular complexity index is 2000. The summed E-state index contributed by atoms with van der Waals surface area (Å²) in [5.41, 5.74) is 6.22. The first-order valence-electron chi connectivity index (χ1n) is 16.4. The topological polar surface area (TPSA) is 118 Å². The number of anilines is 1. The number of hydrogen-bond acceptors (Lipinski definition) is 8. The van der Waals surface area contributed by atoms with Gasteiger partial charge in [-0.15, -0.1) is 0 Å². The van der Waals surface area contributed by atoms with Crippen LogP contribution in [-0.4, -0.2) is 70.1 Å². The molecule has 3 aromatic heterocycles. The van der Waals surface area contributed by atoms with Crippen molar-refractivity contribution in [3.63, 3.8) is 0 Å². The summed E-state index contributed by atoms with van der Waals surface area (Å²) >= 11 is 0. The van der Waals surface area contributed by atoms with E-state index in [0.29, 0.717) is 23.3 Å². The van der Waals surface area contributed by atoms with Gasteiger partial charge in [0.25, 0.3) is 11.9 Å². The first-order valence-corrected chi connectivity index (χ1v) is 16.4. The van der Waals surface area contributed by atoms with Crippen molar-refractivity contribution in [3.05, 3.63) is 107 Å². The number of aromatic nitrogens is 7. The summed E-state index contributed by atoms with van der Waals surface area (Å²) < 4.78 is 40.2. The molecular formula is C37H41EuF3N8O2+3. The molecule has 14 heteroatoms. The van der Waals surface area contributed by atoms with Crippen LogP contribution in [0.25, 0.3) is 34.1 Å². The fourth-order valence-electron chi connectivity index (χ4n) is 5.64. The molecule has 2 atom stereocenters. The zero-order chi connectivity index (χ0) is 36.2. The molecule has 0 saturated heterocycles. The van der Waals surface area contributed by atoms with E-state index in [1.165, 1.54) is 5.69 Å². The minimum absolute atomic E-state index is 0. The van der Waals surface area contributed by atoms with Crippen LogP contribution in [0.15, 0.2) is 78.9 Å². The van der Waals surface area contributed by atoms with Crippen LogP contribution in [0.1, 0.15) is 54.7 Å². The first-order chi connectivity index (χ1) is 23.8. The molecule has 0 aliphatic carbocycles. The SMILES string of the molecule is CCN(CC)c1ccc(-c2nc(-n3nc(C)cc3C)nc(-n3nc(C)cc3C)n2)cc1.OC(CC(O)C(F)(F)F)c1ccc2ccccc2c1.[Eu+3]. The van der Waals surface area contributed by atoms with Crippen LogP contribution in [0.4, 0.5) is 18.9 Å². The summed E-state index contributed by atoms with van der Waals surface area (Å²) in [7, 11) is 0. The summed E-state index contributed by atoms with van der Waals surface area (Å²) in [6.07, 6.45) is -9.34. The van der Waals surface area contributed by atoms with E-state index in [4.69, 9.17) is 20.1 Å². The molecule has 51 heavy (non-hydrogen) atoms. The summed E-state index contributed by atoms with van der Waals surface area (Å²) in [6, 6.07) is 24.6. The van der Waals surface area contributed by atoms with Gasteiger partial charge in [0.15, 0.2) is 11.9 Å². The molecule has 0 fully saturated rings. The van der Waals surface area contributed by atoms with Crippen LogP contribution in [-0.2, 0) is 0 Å². The normalized spacial score (nSPS) is 12.5. The van der Waals surface area contributed by atoms with Crippen LogP contribution < -0.4 is 4.90 Å². The largest absolute Gasteiger partial charge is 3.00 e. The molecule has 0 aliphatic rings. The van der Waals surface area contributed by atoms with Crippen LogP contribution in [0.5, 0.6) is 0 Å². The van der Waals surface area contributed by atoms with E-state index >= 15 is 0 Å². The quantitative estimate of drug-likeness (QED) is 0.158. The van der Waals surface area contributed by atoms with Gasteiger partial charge in [-0.1, -0.05) is 36.4 Å². The second-order valence-electron chi connectivity index (χ2n) is 12.1. The number of alkyl halides is 3. The molecule has 2 N–H and O–H groups in total. The van der Waals surface area contributed by atoms with Crippen molar-refractivity contribution in [2.45, 2.75) is 66.3 Å². The van der Waals surface area contributed by atoms with Crippen LogP contribution in [0.2, 0.25) is 0 Å². The molecule has 6 aromatic rings. The number of hydrogen-bond donors (Lipinski definition) is 2. The molecule has 6 rings (SSSR count). The molecule has 0 saturated carbocycles. The fraction of sp³-hybridized carbons (Fsp3) is 0.324. The van der Waals surface area contributed by atoms with Crippen molar-refractivity contribution in [3.8, 4) is 23.3 Å². The number of benzene rings is 3. The average molecular weight is 839 g/mol. The predicted octanol–water partition coefficient (Wildman–Crippen LogP) is 7.18. The third kappa shape index (κ3) is 9.86. The second kappa shape index (κ2) is 17.3. The van der Waals surface area contributed by atoms with Crippen LogP contribution in [0, 0.1) is 77.1 Å². The van der Waals surface area contributed by atoms with Gasteiger partial charge in [-0.2, -0.15) is 38.3 Å². The number of fused-ring (bicyclic) bond motifs is 1. The summed E-state index contributed by atoms with van der Waals surface area (Å²) in [5, 5.41) is 29.6. The molecule has 3 heterocycles. The number of aliphatic hydroxyl groups excluding tert-OH is 2. The van der Waals surface area contributed by atoms with E-state index in [9.17, 15) is 18.3 Å². The Morgan fingerprint density at radius 1 is 0.706 bits per heavy atom.